The monoisotopic (exact) mass is 1610 g/mol. The summed E-state index contributed by atoms with van der Waals surface area (Å²) in [7, 11) is -3.78. The highest BCUT2D eigenvalue weighted by atomic mass is 32.2. The number of carbonyl (C=O) groups excluding carboxylic acids is 2. The van der Waals surface area contributed by atoms with Crippen molar-refractivity contribution in [1.29, 1.82) is 0 Å². The summed E-state index contributed by atoms with van der Waals surface area (Å²) in [5.41, 5.74) is 1.91. The minimum Gasteiger partial charge on any atom is -0.503 e. The summed E-state index contributed by atoms with van der Waals surface area (Å²) < 4.78 is 144. The standard InChI is InChI=1S/C28H33F2N3O4.C23H25F2N3O2.C18H16F2N2O2.C17H25NO5S/c1-5-6-11-33-17-22(20-7-10-31-16-21(20)26(33)34)18-14-23(29)25(24(30)15-18)36-19-8-12-32(13-9-19)27(35)37-28(2,3)4;1-2-3-10-28-14-19(17-6-9-27-13-18(17)23(28)29)15-11-20(24)22(21(25)12-15)30-16-4-7-26-8-5-16;1-2-3-6-22-10-14(11-7-15(19)17(23)16(20)8-11)12-4-5-21-9-13(12)18(22)24;1-13-5-7-15(8-6-13)24(20,21)23-14-9-11-18(12-10-14)16(19)22-17(2,3)4/h7,10,14-17,19H,5-6,8-9,11-13H2,1-4H3;6,9,11-14,16,26H,2-5,7-8,10H2,1H3;4-5,7-10,23H,2-3,6H2,1H3;5-8,14H,9-12H2,1-4H3. The summed E-state index contributed by atoms with van der Waals surface area (Å²) in [6.07, 6.45) is 20.6. The number of hydrogen-bond acceptors (Lipinski definition) is 17. The van der Waals surface area contributed by atoms with Gasteiger partial charge >= 0.3 is 12.2 Å². The van der Waals surface area contributed by atoms with Crippen molar-refractivity contribution in [2.24, 2.45) is 0 Å². The van der Waals surface area contributed by atoms with Crippen LogP contribution in [0.3, 0.4) is 0 Å². The number of piperidine rings is 3. The number of carbonyl (C=O) groups is 2. The molecule has 10 aromatic rings. The van der Waals surface area contributed by atoms with Crippen molar-refractivity contribution in [3.8, 4) is 50.6 Å². The summed E-state index contributed by atoms with van der Waals surface area (Å²) in [5, 5.41) is 15.5. The van der Waals surface area contributed by atoms with Crippen LogP contribution in [0.5, 0.6) is 17.2 Å². The average Bonchev–Trinajstić information content (AvgIpc) is 0.795. The Hall–Kier alpha value is -10.7. The van der Waals surface area contributed by atoms with Gasteiger partial charge in [-0.2, -0.15) is 8.42 Å². The number of aromatic nitrogens is 6. The number of pyridine rings is 6. The lowest BCUT2D eigenvalue weighted by Crippen LogP contribution is -2.44. The van der Waals surface area contributed by atoms with Crippen molar-refractivity contribution in [1.82, 2.24) is 43.8 Å². The zero-order valence-corrected chi connectivity index (χ0v) is 67.2. The van der Waals surface area contributed by atoms with Crippen LogP contribution < -0.4 is 31.5 Å². The fraction of sp³-hybridized carbons (Fsp3) is 0.419. The van der Waals surface area contributed by atoms with Gasteiger partial charge in [-0.05, 0) is 206 Å². The largest absolute Gasteiger partial charge is 0.503 e. The molecule has 2 amide bonds. The number of fused-ring (bicyclic) bond motifs is 3. The third-order valence-corrected chi connectivity index (χ3v) is 20.9. The quantitative estimate of drug-likeness (QED) is 0.0563. The van der Waals surface area contributed by atoms with Crippen LogP contribution in [-0.4, -0.2) is 133 Å². The maximum absolute atomic E-state index is 15.2. The lowest BCUT2D eigenvalue weighted by molar-refractivity contribution is 0.0113. The molecule has 115 heavy (non-hydrogen) atoms. The number of aromatic hydroxyl groups is 1. The third kappa shape index (κ3) is 22.5. The molecule has 6 aromatic heterocycles. The molecule has 0 spiro atoms. The molecular formula is C86H99F6N9O13S. The summed E-state index contributed by atoms with van der Waals surface area (Å²) >= 11 is 0. The molecule has 4 aromatic carbocycles. The van der Waals surface area contributed by atoms with E-state index >= 15 is 8.78 Å². The first-order valence-electron chi connectivity index (χ1n) is 38.8. The van der Waals surface area contributed by atoms with Gasteiger partial charge in [0.25, 0.3) is 26.8 Å². The number of amides is 2. The molecule has 614 valence electrons. The van der Waals surface area contributed by atoms with E-state index in [4.69, 9.17) is 23.1 Å². The number of rotatable bonds is 19. The van der Waals surface area contributed by atoms with Crippen molar-refractivity contribution in [2.75, 3.05) is 39.3 Å². The lowest BCUT2D eigenvalue weighted by Gasteiger charge is -2.33. The predicted molar refractivity (Wildman–Crippen MR) is 429 cm³/mol. The Morgan fingerprint density at radius 1 is 0.478 bits per heavy atom. The molecule has 3 saturated heterocycles. The highest BCUT2D eigenvalue weighted by molar-refractivity contribution is 7.86. The SMILES string of the molecule is CCCCn1cc(-c2cc(F)c(O)c(F)c2)c2ccncc2c1=O.CCCCn1cc(-c2cc(F)c(OC3CCN(C(=O)OC(C)(C)C)CC3)c(F)c2)c2ccncc2c1=O.CCCCn1cc(-c2cc(F)c(OC3CCNCC3)c(F)c2)c2ccncc2c1=O.Cc1ccc(S(=O)(=O)OC2CCN(C(=O)OC(C)(C)C)CC2)cc1. The molecule has 0 radical (unpaired) electrons. The number of aryl methyl sites for hydroxylation is 4. The minimum absolute atomic E-state index is 0.151. The summed E-state index contributed by atoms with van der Waals surface area (Å²) in [6, 6.07) is 18.7. The number of likely N-dealkylation sites (tertiary alicyclic amines) is 2. The van der Waals surface area contributed by atoms with Gasteiger partial charge in [0.15, 0.2) is 52.2 Å². The van der Waals surface area contributed by atoms with Crippen molar-refractivity contribution in [3.05, 3.63) is 206 Å². The molecule has 13 rings (SSSR count). The van der Waals surface area contributed by atoms with E-state index in [1.54, 1.807) is 113 Å². The van der Waals surface area contributed by atoms with Crippen LogP contribution in [0.1, 0.15) is 145 Å². The Morgan fingerprint density at radius 3 is 1.13 bits per heavy atom. The van der Waals surface area contributed by atoms with E-state index in [0.29, 0.717) is 144 Å². The number of unbranched alkanes of at least 4 members (excludes halogenated alkanes) is 3. The Morgan fingerprint density at radius 2 is 0.800 bits per heavy atom. The molecule has 3 aliphatic rings. The Bertz CT molecular complexity index is 5330. The van der Waals surface area contributed by atoms with Gasteiger partial charge in [-0.3, -0.25) is 33.5 Å². The topological polar surface area (TPSA) is 258 Å². The van der Waals surface area contributed by atoms with Crippen molar-refractivity contribution < 1.29 is 72.6 Å². The maximum atomic E-state index is 15.2. The van der Waals surface area contributed by atoms with Crippen molar-refractivity contribution >= 4 is 54.6 Å². The second-order valence-corrected chi connectivity index (χ2v) is 32.2. The maximum Gasteiger partial charge on any atom is 0.410 e. The van der Waals surface area contributed by atoms with E-state index in [0.717, 1.165) is 69.3 Å². The molecule has 3 aliphatic heterocycles. The lowest BCUT2D eigenvalue weighted by atomic mass is 10.0. The third-order valence-electron chi connectivity index (χ3n) is 19.5. The first-order valence-corrected chi connectivity index (χ1v) is 40.2. The fourth-order valence-corrected chi connectivity index (χ4v) is 14.5. The zero-order chi connectivity index (χ0) is 83.1. The summed E-state index contributed by atoms with van der Waals surface area (Å²) in [4.78, 5) is 77.9. The van der Waals surface area contributed by atoms with Gasteiger partial charge in [0, 0.05) is 131 Å². The number of phenols is 1. The van der Waals surface area contributed by atoms with E-state index in [1.165, 1.54) is 53.6 Å². The highest BCUT2D eigenvalue weighted by Gasteiger charge is 2.33. The van der Waals surface area contributed by atoms with Crippen LogP contribution in [0.25, 0.3) is 65.7 Å². The van der Waals surface area contributed by atoms with Crippen LogP contribution in [0.4, 0.5) is 35.9 Å². The number of halogens is 6. The average molecular weight is 1610 g/mol. The first-order chi connectivity index (χ1) is 54.7. The van der Waals surface area contributed by atoms with E-state index < -0.39 is 86.0 Å². The van der Waals surface area contributed by atoms with Crippen molar-refractivity contribution in [3.63, 3.8) is 0 Å². The van der Waals surface area contributed by atoms with E-state index in [1.807, 2.05) is 48.5 Å². The normalized spacial score (nSPS) is 14.5. The second kappa shape index (κ2) is 38.7. The molecule has 29 heteroatoms. The first kappa shape index (κ1) is 86.8. The van der Waals surface area contributed by atoms with Gasteiger partial charge in [0.05, 0.1) is 27.2 Å². The highest BCUT2D eigenvalue weighted by Crippen LogP contribution is 2.38. The predicted octanol–water partition coefficient (Wildman–Crippen LogP) is 17.1. The van der Waals surface area contributed by atoms with Crippen LogP contribution in [-0.2, 0) is 43.4 Å². The van der Waals surface area contributed by atoms with Gasteiger partial charge in [0.1, 0.15) is 23.4 Å². The van der Waals surface area contributed by atoms with Gasteiger partial charge in [-0.1, -0.05) is 57.7 Å². The Labute approximate surface area is 664 Å². The van der Waals surface area contributed by atoms with Crippen LogP contribution >= 0.6 is 0 Å². The number of hydrogen-bond donors (Lipinski definition) is 2. The number of benzene rings is 4. The van der Waals surface area contributed by atoms with Crippen LogP contribution in [0.15, 0.2) is 154 Å². The molecule has 22 nitrogen and oxygen atoms in total. The second-order valence-electron chi connectivity index (χ2n) is 30.7. The molecular weight excluding hydrogens is 1510 g/mol. The van der Waals surface area contributed by atoms with E-state index in [2.05, 4.69) is 20.3 Å². The Kier molecular flexibility index (Phi) is 29.2. The molecule has 0 bridgehead atoms. The number of ether oxygens (including phenoxy) is 4. The number of phenolic OH excluding ortho intramolecular Hbond substituents is 1. The smallest absolute Gasteiger partial charge is 0.410 e. The zero-order valence-electron chi connectivity index (χ0n) is 66.4. The molecule has 0 aliphatic carbocycles. The van der Waals surface area contributed by atoms with Crippen LogP contribution in [0, 0.1) is 41.8 Å². The summed E-state index contributed by atoms with van der Waals surface area (Å²) in [6.45, 7) is 23.5. The molecule has 3 fully saturated rings. The van der Waals surface area contributed by atoms with E-state index in [-0.39, 0.29) is 45.1 Å². The molecule has 2 N–H and O–H groups in total. The molecule has 0 atom stereocenters. The number of nitrogens with one attached hydrogen (secondary N) is 1. The van der Waals surface area contributed by atoms with E-state index in [9.17, 15) is 55.1 Å². The number of nitrogens with zero attached hydrogens (tertiary/aromatic N) is 8. The fourth-order valence-electron chi connectivity index (χ4n) is 13.4. The van der Waals surface area contributed by atoms with Crippen molar-refractivity contribution in [2.45, 2.75) is 200 Å². The Balaban J connectivity index is 0.000000165. The van der Waals surface area contributed by atoms with Gasteiger partial charge in [-0.25, -0.2) is 35.9 Å². The van der Waals surface area contributed by atoms with Gasteiger partial charge in [-0.15, -0.1) is 0 Å². The van der Waals surface area contributed by atoms with Gasteiger partial charge < -0.3 is 52.9 Å². The molecule has 9 heterocycles. The summed E-state index contributed by atoms with van der Waals surface area (Å²) in [5.74, 6) is -6.99. The molecule has 0 saturated carbocycles. The van der Waals surface area contributed by atoms with Crippen LogP contribution in [0.2, 0.25) is 0 Å². The minimum atomic E-state index is -3.78. The van der Waals surface area contributed by atoms with Gasteiger partial charge in [0.2, 0.25) is 0 Å². The molecule has 0 unspecified atom stereocenters.